The summed E-state index contributed by atoms with van der Waals surface area (Å²) in [7, 11) is 0. The van der Waals surface area contributed by atoms with E-state index in [1.54, 1.807) is 0 Å². The van der Waals surface area contributed by atoms with Crippen molar-refractivity contribution in [2.24, 2.45) is 17.3 Å². The average molecular weight is 369 g/mol. The molecule has 0 aliphatic heterocycles. The lowest BCUT2D eigenvalue weighted by atomic mass is 9.47. The van der Waals surface area contributed by atoms with Crippen LogP contribution in [0, 0.1) is 24.2 Å². The standard InChI is InChI=1S/C21H24N2O2S/c1-13-2-4-16(5-3-13)17-11-26-19(22-17)23-18(24)20-7-14-6-15(8-20)10-21(25,9-14)12-20/h2-5,11,14-15,25H,6-10,12H2,1H3,(H,22,23,24)/t14-,15+,20?,21?. The van der Waals surface area contributed by atoms with E-state index in [4.69, 9.17) is 0 Å². The Kier molecular flexibility index (Phi) is 3.57. The molecule has 4 nitrogen and oxygen atoms in total. The van der Waals surface area contributed by atoms with E-state index in [1.165, 1.54) is 23.3 Å². The number of benzene rings is 1. The number of amides is 1. The van der Waals surface area contributed by atoms with Crippen molar-refractivity contribution in [1.82, 2.24) is 4.98 Å². The van der Waals surface area contributed by atoms with Gasteiger partial charge in [0.25, 0.3) is 0 Å². The SMILES string of the molecule is Cc1ccc(-c2csc(NC(=O)C34C[C@@H]5C[C@@H](CC(O)(C5)C3)C4)n2)cc1. The zero-order valence-corrected chi connectivity index (χ0v) is 15.8. The van der Waals surface area contributed by atoms with Crippen molar-refractivity contribution >= 4 is 22.4 Å². The molecule has 2 aromatic rings. The maximum absolute atomic E-state index is 13.1. The molecule has 0 saturated heterocycles. The number of hydrogen-bond acceptors (Lipinski definition) is 4. The molecule has 4 atom stereocenters. The number of nitrogens with one attached hydrogen (secondary N) is 1. The smallest absolute Gasteiger partial charge is 0.232 e. The Bertz CT molecular complexity index is 843. The third-order valence-corrected chi connectivity index (χ3v) is 7.34. The lowest BCUT2D eigenvalue weighted by Gasteiger charge is -2.59. The molecule has 4 aliphatic carbocycles. The van der Waals surface area contributed by atoms with Crippen LogP contribution in [0.3, 0.4) is 0 Å². The van der Waals surface area contributed by atoms with Crippen LogP contribution in [0.25, 0.3) is 11.3 Å². The molecule has 1 aromatic heterocycles. The van der Waals surface area contributed by atoms with Crippen molar-refractivity contribution < 1.29 is 9.90 Å². The van der Waals surface area contributed by atoms with Crippen molar-refractivity contribution in [3.05, 3.63) is 35.2 Å². The van der Waals surface area contributed by atoms with Gasteiger partial charge in [0, 0.05) is 10.9 Å². The predicted octanol–water partition coefficient (Wildman–Crippen LogP) is 4.39. The van der Waals surface area contributed by atoms with E-state index < -0.39 is 11.0 Å². The van der Waals surface area contributed by atoms with Gasteiger partial charge in [0.05, 0.1) is 16.7 Å². The molecule has 136 valence electrons. The Labute approximate surface area is 157 Å². The third kappa shape index (κ3) is 2.69. The van der Waals surface area contributed by atoms with Gasteiger partial charge in [-0.05, 0) is 57.3 Å². The van der Waals surface area contributed by atoms with Gasteiger partial charge < -0.3 is 10.4 Å². The molecule has 2 unspecified atom stereocenters. The van der Waals surface area contributed by atoms with Crippen molar-refractivity contribution in [3.8, 4) is 11.3 Å². The Morgan fingerprint density at radius 3 is 2.54 bits per heavy atom. The lowest BCUT2D eigenvalue weighted by molar-refractivity contribution is -0.174. The highest BCUT2D eigenvalue weighted by molar-refractivity contribution is 7.14. The van der Waals surface area contributed by atoms with E-state index >= 15 is 0 Å². The number of thiazole rings is 1. The quantitative estimate of drug-likeness (QED) is 0.845. The van der Waals surface area contributed by atoms with Gasteiger partial charge in [0.15, 0.2) is 5.13 Å². The minimum Gasteiger partial charge on any atom is -0.390 e. The highest BCUT2D eigenvalue weighted by Crippen LogP contribution is 2.61. The first-order valence-electron chi connectivity index (χ1n) is 9.50. The Balaban J connectivity index is 1.36. The zero-order valence-electron chi connectivity index (χ0n) is 15.0. The number of rotatable bonds is 3. The molecule has 2 N–H and O–H groups in total. The summed E-state index contributed by atoms with van der Waals surface area (Å²) < 4.78 is 0. The van der Waals surface area contributed by atoms with E-state index in [0.717, 1.165) is 36.9 Å². The summed E-state index contributed by atoms with van der Waals surface area (Å²) in [4.78, 5) is 17.8. The fraction of sp³-hybridized carbons (Fsp3) is 0.524. The maximum Gasteiger partial charge on any atom is 0.232 e. The minimum atomic E-state index is -0.614. The highest BCUT2D eigenvalue weighted by atomic mass is 32.1. The first kappa shape index (κ1) is 16.5. The molecule has 0 radical (unpaired) electrons. The van der Waals surface area contributed by atoms with Gasteiger partial charge in [-0.1, -0.05) is 29.8 Å². The number of aromatic nitrogens is 1. The number of carbonyl (C=O) groups excluding carboxylic acids is 1. The van der Waals surface area contributed by atoms with Crippen molar-refractivity contribution in [2.45, 2.75) is 51.0 Å². The number of aliphatic hydroxyl groups is 1. The number of aryl methyl sites for hydroxylation is 1. The van der Waals surface area contributed by atoms with Gasteiger partial charge in [-0.3, -0.25) is 4.79 Å². The number of nitrogens with zero attached hydrogens (tertiary/aromatic N) is 1. The number of anilines is 1. The van der Waals surface area contributed by atoms with E-state index in [-0.39, 0.29) is 5.91 Å². The van der Waals surface area contributed by atoms with Crippen LogP contribution in [-0.4, -0.2) is 21.6 Å². The molecule has 5 heteroatoms. The molecule has 4 saturated carbocycles. The van der Waals surface area contributed by atoms with Crippen molar-refractivity contribution in [2.75, 3.05) is 5.32 Å². The molecule has 1 amide bonds. The molecule has 1 heterocycles. The molecular weight excluding hydrogens is 344 g/mol. The van der Waals surface area contributed by atoms with Crippen molar-refractivity contribution in [1.29, 1.82) is 0 Å². The topological polar surface area (TPSA) is 62.2 Å². The summed E-state index contributed by atoms with van der Waals surface area (Å²) in [6, 6.07) is 8.27. The molecular formula is C21H24N2O2S. The van der Waals surface area contributed by atoms with E-state index in [9.17, 15) is 9.90 Å². The number of carbonyl (C=O) groups is 1. The monoisotopic (exact) mass is 368 g/mol. The van der Waals surface area contributed by atoms with Crippen LogP contribution in [0.2, 0.25) is 0 Å². The first-order chi connectivity index (χ1) is 12.4. The number of hydrogen-bond donors (Lipinski definition) is 2. The van der Waals surface area contributed by atoms with Gasteiger partial charge in [-0.2, -0.15) is 0 Å². The highest BCUT2D eigenvalue weighted by Gasteiger charge is 2.60. The van der Waals surface area contributed by atoms with Crippen LogP contribution in [-0.2, 0) is 4.79 Å². The Morgan fingerprint density at radius 2 is 1.88 bits per heavy atom. The van der Waals surface area contributed by atoms with Gasteiger partial charge in [-0.25, -0.2) is 4.98 Å². The van der Waals surface area contributed by atoms with Crippen LogP contribution >= 0.6 is 11.3 Å². The van der Waals surface area contributed by atoms with E-state index in [2.05, 4.69) is 41.5 Å². The van der Waals surface area contributed by atoms with Gasteiger partial charge in [0.2, 0.25) is 5.91 Å². The summed E-state index contributed by atoms with van der Waals surface area (Å²) in [5.74, 6) is 1.08. The molecule has 1 aromatic carbocycles. The molecule has 6 rings (SSSR count). The molecule has 4 aliphatic rings. The molecule has 4 fully saturated rings. The van der Waals surface area contributed by atoms with E-state index in [1.807, 2.05) is 5.38 Å². The van der Waals surface area contributed by atoms with Crippen LogP contribution in [0.5, 0.6) is 0 Å². The third-order valence-electron chi connectivity index (χ3n) is 6.58. The van der Waals surface area contributed by atoms with Gasteiger partial charge in [0.1, 0.15) is 0 Å². The summed E-state index contributed by atoms with van der Waals surface area (Å²) in [6.07, 6.45) is 5.42. The predicted molar refractivity (Wildman–Crippen MR) is 103 cm³/mol. The minimum absolute atomic E-state index is 0.0647. The average Bonchev–Trinajstić information content (AvgIpc) is 3.01. The Hall–Kier alpha value is -1.72. The molecule has 0 spiro atoms. The summed E-state index contributed by atoms with van der Waals surface area (Å²) in [5.41, 5.74) is 2.18. The van der Waals surface area contributed by atoms with Gasteiger partial charge in [-0.15, -0.1) is 11.3 Å². The fourth-order valence-electron chi connectivity index (χ4n) is 5.90. The zero-order chi connectivity index (χ0) is 17.9. The largest absolute Gasteiger partial charge is 0.390 e. The van der Waals surface area contributed by atoms with Crippen LogP contribution in [0.4, 0.5) is 5.13 Å². The Morgan fingerprint density at radius 1 is 1.19 bits per heavy atom. The summed E-state index contributed by atoms with van der Waals surface area (Å²) in [6.45, 7) is 2.07. The van der Waals surface area contributed by atoms with Crippen LogP contribution in [0.1, 0.15) is 44.1 Å². The lowest BCUT2D eigenvalue weighted by Crippen LogP contribution is -2.59. The molecule has 26 heavy (non-hydrogen) atoms. The normalized spacial score (nSPS) is 34.8. The molecule has 4 bridgehead atoms. The second-order valence-electron chi connectivity index (χ2n) is 8.82. The van der Waals surface area contributed by atoms with Gasteiger partial charge >= 0.3 is 0 Å². The second kappa shape index (κ2) is 5.64. The fourth-order valence-corrected chi connectivity index (χ4v) is 6.61. The van der Waals surface area contributed by atoms with Crippen LogP contribution < -0.4 is 5.32 Å². The summed E-state index contributed by atoms with van der Waals surface area (Å²) >= 11 is 1.47. The maximum atomic E-state index is 13.1. The van der Waals surface area contributed by atoms with Crippen LogP contribution in [0.15, 0.2) is 29.6 Å². The van der Waals surface area contributed by atoms with Crippen molar-refractivity contribution in [3.63, 3.8) is 0 Å². The summed E-state index contributed by atoms with van der Waals surface area (Å²) in [5, 5.41) is 16.6. The second-order valence-corrected chi connectivity index (χ2v) is 9.68. The van der Waals surface area contributed by atoms with E-state index in [0.29, 0.717) is 23.4 Å². The first-order valence-corrected chi connectivity index (χ1v) is 10.4.